The Hall–Kier alpha value is -1.19. The summed E-state index contributed by atoms with van der Waals surface area (Å²) in [5.74, 6) is -0.120. The smallest absolute Gasteiger partial charge is 0.184 e. The van der Waals surface area contributed by atoms with E-state index in [4.69, 9.17) is 11.5 Å². The van der Waals surface area contributed by atoms with Crippen LogP contribution in [0.2, 0.25) is 0 Å². The van der Waals surface area contributed by atoms with Gasteiger partial charge in [-0.3, -0.25) is 0 Å². The minimum atomic E-state index is -0.711. The Kier molecular flexibility index (Phi) is 2.96. The molecule has 4 N–H and O–H groups in total. The van der Waals surface area contributed by atoms with Crippen molar-refractivity contribution < 1.29 is 4.39 Å². The first-order valence-electron chi connectivity index (χ1n) is 4.03. The molecule has 1 aliphatic heterocycles. The van der Waals surface area contributed by atoms with E-state index in [2.05, 4.69) is 0 Å². The van der Waals surface area contributed by atoms with Crippen molar-refractivity contribution in [3.05, 3.63) is 23.9 Å². The van der Waals surface area contributed by atoms with E-state index in [-0.39, 0.29) is 0 Å². The van der Waals surface area contributed by atoms with Gasteiger partial charge in [0.1, 0.15) is 0 Å². The van der Waals surface area contributed by atoms with Gasteiger partial charge in [0, 0.05) is 13.1 Å². The van der Waals surface area contributed by atoms with E-state index >= 15 is 0 Å². The third-order valence-corrected chi connectivity index (χ3v) is 1.88. The summed E-state index contributed by atoms with van der Waals surface area (Å²) >= 11 is 0. The number of allylic oxidation sites excluding steroid dienone is 2. The highest BCUT2D eigenvalue weighted by Gasteiger charge is 2.11. The highest BCUT2D eigenvalue weighted by atomic mass is 19.1. The van der Waals surface area contributed by atoms with Crippen LogP contribution in [0.25, 0.3) is 0 Å². The topological polar surface area (TPSA) is 55.3 Å². The van der Waals surface area contributed by atoms with Gasteiger partial charge < -0.3 is 16.4 Å². The Morgan fingerprint density at radius 2 is 1.75 bits per heavy atom. The standard InChI is InChI=1S/C8H14FN3/c9-7(10)3-4-8(11)12-5-1-2-6-12/h3-4H,1-2,5-6,10-11H2/b7-3-,8-4+. The average Bonchev–Trinajstić information content (AvgIpc) is 2.51. The van der Waals surface area contributed by atoms with E-state index in [1.807, 2.05) is 4.90 Å². The lowest BCUT2D eigenvalue weighted by Gasteiger charge is -2.16. The largest absolute Gasteiger partial charge is 0.385 e. The summed E-state index contributed by atoms with van der Waals surface area (Å²) < 4.78 is 12.1. The zero-order valence-corrected chi connectivity index (χ0v) is 6.96. The average molecular weight is 171 g/mol. The quantitative estimate of drug-likeness (QED) is 0.474. The Balaban J connectivity index is 2.50. The van der Waals surface area contributed by atoms with E-state index in [1.54, 1.807) is 0 Å². The van der Waals surface area contributed by atoms with Gasteiger partial charge in [-0.1, -0.05) is 0 Å². The minimum Gasteiger partial charge on any atom is -0.385 e. The maximum Gasteiger partial charge on any atom is 0.184 e. The number of halogens is 1. The van der Waals surface area contributed by atoms with Crippen molar-refractivity contribution in [2.24, 2.45) is 11.5 Å². The second kappa shape index (κ2) is 3.99. The number of hydrogen-bond acceptors (Lipinski definition) is 3. The SMILES string of the molecule is N/C(F)=C\C=C(/N)N1CCCC1. The van der Waals surface area contributed by atoms with Gasteiger partial charge in [0.15, 0.2) is 5.95 Å². The van der Waals surface area contributed by atoms with Gasteiger partial charge in [-0.15, -0.1) is 0 Å². The van der Waals surface area contributed by atoms with Crippen LogP contribution >= 0.6 is 0 Å². The predicted molar refractivity (Wildman–Crippen MR) is 46.5 cm³/mol. The first-order valence-corrected chi connectivity index (χ1v) is 4.03. The van der Waals surface area contributed by atoms with E-state index in [9.17, 15) is 4.39 Å². The summed E-state index contributed by atoms with van der Waals surface area (Å²) in [5.41, 5.74) is 10.5. The van der Waals surface area contributed by atoms with Crippen molar-refractivity contribution in [1.29, 1.82) is 0 Å². The minimum absolute atomic E-state index is 0.591. The summed E-state index contributed by atoms with van der Waals surface area (Å²) in [6, 6.07) is 0. The van der Waals surface area contributed by atoms with Gasteiger partial charge in [0.2, 0.25) is 0 Å². The summed E-state index contributed by atoms with van der Waals surface area (Å²) in [7, 11) is 0. The maximum atomic E-state index is 12.1. The molecule has 1 heterocycles. The van der Waals surface area contributed by atoms with Crippen molar-refractivity contribution in [3.8, 4) is 0 Å². The lowest BCUT2D eigenvalue weighted by Crippen LogP contribution is -2.24. The van der Waals surface area contributed by atoms with Crippen molar-refractivity contribution in [2.75, 3.05) is 13.1 Å². The van der Waals surface area contributed by atoms with Crippen LogP contribution in [0.15, 0.2) is 23.9 Å². The zero-order chi connectivity index (χ0) is 8.97. The van der Waals surface area contributed by atoms with Gasteiger partial charge >= 0.3 is 0 Å². The highest BCUT2D eigenvalue weighted by Crippen LogP contribution is 2.10. The molecule has 3 nitrogen and oxygen atoms in total. The van der Waals surface area contributed by atoms with Crippen molar-refractivity contribution in [2.45, 2.75) is 12.8 Å². The van der Waals surface area contributed by atoms with Crippen LogP contribution in [-0.4, -0.2) is 18.0 Å². The van der Waals surface area contributed by atoms with Crippen LogP contribution in [0.4, 0.5) is 4.39 Å². The van der Waals surface area contributed by atoms with E-state index in [0.29, 0.717) is 5.82 Å². The fraction of sp³-hybridized carbons (Fsp3) is 0.500. The number of rotatable bonds is 2. The van der Waals surface area contributed by atoms with E-state index in [0.717, 1.165) is 25.9 Å². The number of likely N-dealkylation sites (tertiary alicyclic amines) is 1. The molecule has 4 heteroatoms. The zero-order valence-electron chi connectivity index (χ0n) is 6.96. The molecule has 1 rings (SSSR count). The molecule has 0 saturated carbocycles. The first-order chi connectivity index (χ1) is 5.70. The van der Waals surface area contributed by atoms with Gasteiger partial charge in [-0.25, -0.2) is 0 Å². The highest BCUT2D eigenvalue weighted by molar-refractivity contribution is 5.11. The summed E-state index contributed by atoms with van der Waals surface area (Å²) in [5, 5.41) is 0. The molecule has 0 aliphatic carbocycles. The molecule has 0 atom stereocenters. The third-order valence-electron chi connectivity index (χ3n) is 1.88. The molecule has 0 aromatic heterocycles. The number of nitrogens with zero attached hydrogens (tertiary/aromatic N) is 1. The Morgan fingerprint density at radius 1 is 1.17 bits per heavy atom. The van der Waals surface area contributed by atoms with Crippen LogP contribution in [0.5, 0.6) is 0 Å². The molecule has 1 saturated heterocycles. The molecule has 1 aliphatic rings. The molecule has 0 unspecified atom stereocenters. The molecule has 0 aromatic rings. The molecule has 0 amide bonds. The van der Waals surface area contributed by atoms with Crippen molar-refractivity contribution >= 4 is 0 Å². The van der Waals surface area contributed by atoms with Gasteiger partial charge in [0.25, 0.3) is 0 Å². The monoisotopic (exact) mass is 171 g/mol. The van der Waals surface area contributed by atoms with Gasteiger partial charge in [0.05, 0.1) is 5.82 Å². The van der Waals surface area contributed by atoms with Crippen molar-refractivity contribution in [3.63, 3.8) is 0 Å². The Bertz CT molecular complexity index is 200. The molecule has 68 valence electrons. The van der Waals surface area contributed by atoms with Crippen LogP contribution < -0.4 is 11.5 Å². The Labute approximate surface area is 71.5 Å². The molecule has 0 spiro atoms. The van der Waals surface area contributed by atoms with Crippen LogP contribution in [-0.2, 0) is 0 Å². The molecular weight excluding hydrogens is 157 g/mol. The molecule has 1 fully saturated rings. The molecule has 12 heavy (non-hydrogen) atoms. The predicted octanol–water partition coefficient (Wildman–Crippen LogP) is 0.652. The summed E-state index contributed by atoms with van der Waals surface area (Å²) in [6.07, 6.45) is 4.99. The fourth-order valence-corrected chi connectivity index (χ4v) is 1.25. The molecule has 0 bridgehead atoms. The number of nitrogens with two attached hydrogens (primary N) is 2. The van der Waals surface area contributed by atoms with Crippen molar-refractivity contribution in [1.82, 2.24) is 4.90 Å². The third kappa shape index (κ3) is 2.45. The van der Waals surface area contributed by atoms with Gasteiger partial charge in [-0.05, 0) is 25.0 Å². The Morgan fingerprint density at radius 3 is 2.25 bits per heavy atom. The molecule has 0 aromatic carbocycles. The van der Waals surface area contributed by atoms with Crippen LogP contribution in [0.1, 0.15) is 12.8 Å². The summed E-state index contributed by atoms with van der Waals surface area (Å²) in [6.45, 7) is 1.92. The van der Waals surface area contributed by atoms with E-state index in [1.165, 1.54) is 12.2 Å². The maximum absolute atomic E-state index is 12.1. The second-order valence-electron chi connectivity index (χ2n) is 2.84. The normalized spacial score (nSPS) is 20.2. The van der Waals surface area contributed by atoms with E-state index < -0.39 is 5.95 Å². The van der Waals surface area contributed by atoms with Gasteiger partial charge in [-0.2, -0.15) is 4.39 Å². The van der Waals surface area contributed by atoms with Crippen LogP contribution in [0, 0.1) is 0 Å². The first kappa shape index (κ1) is 8.90. The fourth-order valence-electron chi connectivity index (χ4n) is 1.25. The second-order valence-corrected chi connectivity index (χ2v) is 2.84. The lowest BCUT2D eigenvalue weighted by molar-refractivity contribution is 0.421. The molecule has 0 radical (unpaired) electrons. The molecular formula is C8H14FN3. The summed E-state index contributed by atoms with van der Waals surface area (Å²) in [4.78, 5) is 2.01. The van der Waals surface area contributed by atoms with Crippen LogP contribution in [0.3, 0.4) is 0 Å². The number of hydrogen-bond donors (Lipinski definition) is 2. The lowest BCUT2D eigenvalue weighted by atomic mass is 10.4.